The molecule has 5 heteroatoms. The van der Waals surface area contributed by atoms with Crippen LogP contribution in [-0.4, -0.2) is 19.0 Å². The number of rotatable bonds is 5. The van der Waals surface area contributed by atoms with Crippen LogP contribution in [-0.2, 0) is 4.79 Å². The first-order valence-corrected chi connectivity index (χ1v) is 6.74. The molecule has 0 aliphatic carbocycles. The monoisotopic (exact) mass is 321 g/mol. The molecular weight excluding hydrogens is 306 g/mol. The fourth-order valence-electron chi connectivity index (χ4n) is 2.12. The van der Waals surface area contributed by atoms with E-state index in [1.54, 1.807) is 0 Å². The molecule has 1 aromatic carbocycles. The number of hydrogen-bond donors (Lipinski definition) is 2. The molecule has 0 fully saturated rings. The molecule has 4 nitrogen and oxygen atoms in total. The highest BCUT2D eigenvalue weighted by atomic mass is 79.9. The van der Waals surface area contributed by atoms with E-state index in [1.165, 1.54) is 0 Å². The minimum Gasteiger partial charge on any atom is -0.363 e. The van der Waals surface area contributed by atoms with Crippen molar-refractivity contribution in [3.05, 3.63) is 47.5 Å². The molecule has 1 heterocycles. The van der Waals surface area contributed by atoms with Crippen molar-refractivity contribution in [3.63, 3.8) is 0 Å². The second-order valence-electron chi connectivity index (χ2n) is 4.34. The van der Waals surface area contributed by atoms with Crippen LogP contribution in [0.2, 0.25) is 0 Å². The molecule has 1 amide bonds. The first-order valence-electron chi connectivity index (χ1n) is 5.95. The molecule has 1 unspecified atom stereocenters. The fraction of sp³-hybridized carbons (Fsp3) is 0.214. The quantitative estimate of drug-likeness (QED) is 0.819. The van der Waals surface area contributed by atoms with Gasteiger partial charge in [0.2, 0.25) is 5.91 Å². The highest BCUT2D eigenvalue weighted by Gasteiger charge is 2.28. The van der Waals surface area contributed by atoms with Crippen molar-refractivity contribution in [2.75, 3.05) is 23.3 Å². The lowest BCUT2D eigenvalue weighted by atomic mass is 10.1. The minimum atomic E-state index is -0.590. The molecule has 1 aromatic rings. The summed E-state index contributed by atoms with van der Waals surface area (Å²) in [4.78, 5) is 13.7. The van der Waals surface area contributed by atoms with Crippen LogP contribution in [0.4, 0.5) is 11.4 Å². The summed E-state index contributed by atoms with van der Waals surface area (Å²) in [7, 11) is 0. The van der Waals surface area contributed by atoms with Crippen molar-refractivity contribution < 1.29 is 4.79 Å². The third-order valence-corrected chi connectivity index (χ3v) is 3.67. The van der Waals surface area contributed by atoms with Crippen molar-refractivity contribution >= 4 is 33.2 Å². The summed E-state index contributed by atoms with van der Waals surface area (Å²) in [5.74, 6) is -0.168. The molecule has 0 spiro atoms. The predicted molar refractivity (Wildman–Crippen MR) is 82.3 cm³/mol. The normalized spacial score (nSPS) is 16.7. The highest BCUT2D eigenvalue weighted by Crippen LogP contribution is 2.38. The molecule has 0 saturated carbocycles. The van der Waals surface area contributed by atoms with Crippen LogP contribution in [0.5, 0.6) is 0 Å². The lowest BCUT2D eigenvalue weighted by molar-refractivity contribution is -0.116. The number of nitrogens with one attached hydrogen (secondary N) is 1. The summed E-state index contributed by atoms with van der Waals surface area (Å²) in [5, 5.41) is 2.79. The third kappa shape index (κ3) is 2.57. The summed E-state index contributed by atoms with van der Waals surface area (Å²) in [5.41, 5.74) is 8.39. The Morgan fingerprint density at radius 3 is 2.58 bits per heavy atom. The van der Waals surface area contributed by atoms with Crippen LogP contribution >= 0.6 is 15.9 Å². The standard InChI is InChI=1S/C14H16BrN3O/c1-3-5-18(6-4-2)12-8-11-9(7-10(12)15)13(16)14(19)17-11/h3-4,7-8,13H,1-2,5-6,16H2,(H,17,19). The van der Waals surface area contributed by atoms with E-state index in [2.05, 4.69) is 39.3 Å². The van der Waals surface area contributed by atoms with Crippen LogP contribution in [0.1, 0.15) is 11.6 Å². The van der Waals surface area contributed by atoms with E-state index >= 15 is 0 Å². The number of nitrogens with zero attached hydrogens (tertiary/aromatic N) is 1. The van der Waals surface area contributed by atoms with Crippen LogP contribution in [0.25, 0.3) is 0 Å². The van der Waals surface area contributed by atoms with Crippen molar-refractivity contribution in [1.29, 1.82) is 0 Å². The highest BCUT2D eigenvalue weighted by molar-refractivity contribution is 9.10. The molecule has 0 saturated heterocycles. The van der Waals surface area contributed by atoms with E-state index in [9.17, 15) is 4.79 Å². The van der Waals surface area contributed by atoms with Gasteiger partial charge in [0, 0.05) is 28.8 Å². The predicted octanol–water partition coefficient (Wildman–Crippen LogP) is 2.58. The van der Waals surface area contributed by atoms with Crippen LogP contribution < -0.4 is 16.0 Å². The molecule has 0 radical (unpaired) electrons. The summed E-state index contributed by atoms with van der Waals surface area (Å²) in [6, 6.07) is 3.23. The maximum atomic E-state index is 11.6. The van der Waals surface area contributed by atoms with Gasteiger partial charge in [-0.05, 0) is 28.1 Å². The van der Waals surface area contributed by atoms with Gasteiger partial charge >= 0.3 is 0 Å². The second kappa shape index (κ2) is 5.59. The Morgan fingerprint density at radius 1 is 1.37 bits per heavy atom. The van der Waals surface area contributed by atoms with Crippen molar-refractivity contribution in [1.82, 2.24) is 0 Å². The number of amides is 1. The van der Waals surface area contributed by atoms with E-state index in [-0.39, 0.29) is 5.91 Å². The molecular formula is C14H16BrN3O. The molecule has 1 aliphatic rings. The minimum absolute atomic E-state index is 0.168. The van der Waals surface area contributed by atoms with Gasteiger partial charge in [-0.3, -0.25) is 4.79 Å². The number of anilines is 2. The van der Waals surface area contributed by atoms with E-state index < -0.39 is 6.04 Å². The fourth-order valence-corrected chi connectivity index (χ4v) is 2.73. The molecule has 100 valence electrons. The van der Waals surface area contributed by atoms with Gasteiger partial charge in [-0.15, -0.1) is 13.2 Å². The number of carbonyl (C=O) groups is 1. The zero-order chi connectivity index (χ0) is 14.0. The number of nitrogens with two attached hydrogens (primary N) is 1. The largest absolute Gasteiger partial charge is 0.363 e. The zero-order valence-electron chi connectivity index (χ0n) is 10.5. The van der Waals surface area contributed by atoms with Gasteiger partial charge in [0.1, 0.15) is 6.04 Å². The average molecular weight is 322 g/mol. The summed E-state index contributed by atoms with van der Waals surface area (Å²) < 4.78 is 0.905. The van der Waals surface area contributed by atoms with Gasteiger partial charge in [0.25, 0.3) is 0 Å². The SMILES string of the molecule is C=CCN(CC=C)c1cc2c(cc1Br)C(N)C(=O)N2. The Labute approximate surface area is 121 Å². The van der Waals surface area contributed by atoms with Gasteiger partial charge in [-0.1, -0.05) is 12.2 Å². The Morgan fingerprint density at radius 2 is 2.00 bits per heavy atom. The zero-order valence-corrected chi connectivity index (χ0v) is 12.1. The lowest BCUT2D eigenvalue weighted by Crippen LogP contribution is -2.23. The van der Waals surface area contributed by atoms with Gasteiger partial charge < -0.3 is 16.0 Å². The van der Waals surface area contributed by atoms with Crippen LogP contribution in [0.15, 0.2) is 41.9 Å². The summed E-state index contributed by atoms with van der Waals surface area (Å²) in [6.07, 6.45) is 3.65. The summed E-state index contributed by atoms with van der Waals surface area (Å²) >= 11 is 3.53. The van der Waals surface area contributed by atoms with Crippen LogP contribution in [0.3, 0.4) is 0 Å². The lowest BCUT2D eigenvalue weighted by Gasteiger charge is -2.24. The topological polar surface area (TPSA) is 58.4 Å². The first kappa shape index (κ1) is 13.8. The van der Waals surface area contributed by atoms with Gasteiger partial charge in [-0.25, -0.2) is 0 Å². The Kier molecular flexibility index (Phi) is 4.07. The number of carbonyl (C=O) groups excluding carboxylic acids is 1. The van der Waals surface area contributed by atoms with Crippen molar-refractivity contribution in [3.8, 4) is 0 Å². The first-order chi connectivity index (χ1) is 9.08. The Hall–Kier alpha value is -1.59. The molecule has 0 aromatic heterocycles. The smallest absolute Gasteiger partial charge is 0.245 e. The molecule has 19 heavy (non-hydrogen) atoms. The number of hydrogen-bond acceptors (Lipinski definition) is 3. The van der Waals surface area contributed by atoms with E-state index in [0.29, 0.717) is 13.1 Å². The summed E-state index contributed by atoms with van der Waals surface area (Å²) in [6.45, 7) is 8.90. The van der Waals surface area contributed by atoms with Crippen molar-refractivity contribution in [2.45, 2.75) is 6.04 Å². The third-order valence-electron chi connectivity index (χ3n) is 3.03. The molecule has 0 bridgehead atoms. The van der Waals surface area contributed by atoms with E-state index in [1.807, 2.05) is 24.3 Å². The molecule has 1 atom stereocenters. The van der Waals surface area contributed by atoms with Gasteiger partial charge in [0.15, 0.2) is 0 Å². The Bertz CT molecular complexity index is 532. The molecule has 1 aliphatic heterocycles. The van der Waals surface area contributed by atoms with E-state index in [0.717, 1.165) is 21.4 Å². The maximum absolute atomic E-state index is 11.6. The maximum Gasteiger partial charge on any atom is 0.245 e. The molecule has 2 rings (SSSR count). The van der Waals surface area contributed by atoms with Crippen molar-refractivity contribution in [2.24, 2.45) is 5.73 Å². The number of benzene rings is 1. The molecule has 3 N–H and O–H groups in total. The van der Waals surface area contributed by atoms with Gasteiger partial charge in [0.05, 0.1) is 5.69 Å². The average Bonchev–Trinajstić information content (AvgIpc) is 2.64. The Balaban J connectivity index is 2.42. The number of halogens is 1. The van der Waals surface area contributed by atoms with E-state index in [4.69, 9.17) is 5.73 Å². The van der Waals surface area contributed by atoms with Crippen LogP contribution in [0, 0.1) is 0 Å². The van der Waals surface area contributed by atoms with Gasteiger partial charge in [-0.2, -0.15) is 0 Å². The second-order valence-corrected chi connectivity index (χ2v) is 5.19. The number of fused-ring (bicyclic) bond motifs is 1.